The molecule has 2 aromatic carbocycles. The molecule has 0 aliphatic rings. The van der Waals surface area contributed by atoms with Gasteiger partial charge in [-0.05, 0) is 24.2 Å². The molecule has 2 heterocycles. The van der Waals surface area contributed by atoms with E-state index in [2.05, 4.69) is 22.1 Å². The number of para-hydroxylation sites is 1. The molecule has 0 aliphatic heterocycles. The van der Waals surface area contributed by atoms with Crippen LogP contribution in [0.25, 0.3) is 22.3 Å². The van der Waals surface area contributed by atoms with Crippen LogP contribution in [0.1, 0.15) is 19.2 Å². The van der Waals surface area contributed by atoms with Gasteiger partial charge in [0.2, 0.25) is 5.16 Å². The van der Waals surface area contributed by atoms with Gasteiger partial charge in [0.05, 0.1) is 5.52 Å². The molecule has 2 aromatic heterocycles. The van der Waals surface area contributed by atoms with Gasteiger partial charge in [-0.1, -0.05) is 55.5 Å². The molecule has 6 heteroatoms. The predicted octanol–water partition coefficient (Wildman–Crippen LogP) is 4.52. The monoisotopic (exact) mass is 347 g/mol. The summed E-state index contributed by atoms with van der Waals surface area (Å²) in [4.78, 5) is 14.0. The Balaban J connectivity index is 1.78. The molecular formula is C19H17N5S. The number of H-pyrrole nitrogens is 1. The Morgan fingerprint density at radius 2 is 1.72 bits per heavy atom. The second-order valence-corrected chi connectivity index (χ2v) is 6.61. The second kappa shape index (κ2) is 7.03. The third kappa shape index (κ3) is 3.39. The Hall–Kier alpha value is -2.73. The number of aromatic nitrogens is 5. The number of nitrogens with one attached hydrogen (secondary N) is 1. The summed E-state index contributed by atoms with van der Waals surface area (Å²) in [5, 5.41) is 9.86. The molecule has 0 saturated carbocycles. The highest BCUT2D eigenvalue weighted by molar-refractivity contribution is 7.99. The Kier molecular flexibility index (Phi) is 4.43. The van der Waals surface area contributed by atoms with Crippen molar-refractivity contribution in [1.29, 1.82) is 0 Å². The highest BCUT2D eigenvalue weighted by Gasteiger charge is 2.13. The van der Waals surface area contributed by atoms with Crippen molar-refractivity contribution in [2.75, 3.05) is 0 Å². The zero-order valence-corrected chi connectivity index (χ0v) is 14.6. The highest BCUT2D eigenvalue weighted by atomic mass is 32.2. The van der Waals surface area contributed by atoms with Crippen molar-refractivity contribution >= 4 is 22.7 Å². The van der Waals surface area contributed by atoms with Crippen LogP contribution in [-0.2, 0) is 6.42 Å². The normalized spacial score (nSPS) is 11.1. The summed E-state index contributed by atoms with van der Waals surface area (Å²) in [6, 6.07) is 18.0. The number of hydrogen-bond acceptors (Lipinski definition) is 5. The lowest BCUT2D eigenvalue weighted by Crippen LogP contribution is -1.94. The third-order valence-corrected chi connectivity index (χ3v) is 4.66. The zero-order chi connectivity index (χ0) is 17.1. The molecule has 4 aromatic rings. The molecule has 0 bridgehead atoms. The van der Waals surface area contributed by atoms with E-state index >= 15 is 0 Å². The van der Waals surface area contributed by atoms with Crippen LogP contribution in [0.5, 0.6) is 0 Å². The average Bonchev–Trinajstić information content (AvgIpc) is 3.10. The maximum Gasteiger partial charge on any atom is 0.214 e. The fourth-order valence-electron chi connectivity index (χ4n) is 2.60. The standard InChI is InChI=1S/C19H17N5S/c1-2-8-16-21-19(24-23-16)25-18-14-11-6-7-12-15(14)20-17(22-18)13-9-4-3-5-10-13/h3-7,9-12H,2,8H2,1H3,(H,21,23,24). The fourth-order valence-corrected chi connectivity index (χ4v) is 3.43. The molecular weight excluding hydrogens is 330 g/mol. The minimum atomic E-state index is 0.686. The van der Waals surface area contributed by atoms with Crippen LogP contribution in [0.3, 0.4) is 0 Å². The van der Waals surface area contributed by atoms with Gasteiger partial charge in [0.25, 0.3) is 0 Å². The molecule has 0 radical (unpaired) electrons. The fraction of sp³-hybridized carbons (Fsp3) is 0.158. The molecule has 0 aliphatic carbocycles. The summed E-state index contributed by atoms with van der Waals surface area (Å²) >= 11 is 1.47. The lowest BCUT2D eigenvalue weighted by atomic mass is 10.2. The summed E-state index contributed by atoms with van der Waals surface area (Å²) in [5.41, 5.74) is 1.92. The van der Waals surface area contributed by atoms with Crippen LogP contribution in [0.2, 0.25) is 0 Å². The van der Waals surface area contributed by atoms with Gasteiger partial charge < -0.3 is 0 Å². The molecule has 0 spiro atoms. The van der Waals surface area contributed by atoms with Crippen LogP contribution in [-0.4, -0.2) is 25.1 Å². The maximum atomic E-state index is 4.78. The van der Waals surface area contributed by atoms with Crippen LogP contribution >= 0.6 is 11.8 Å². The number of rotatable bonds is 5. The number of aromatic amines is 1. The van der Waals surface area contributed by atoms with Crippen LogP contribution < -0.4 is 0 Å². The smallest absolute Gasteiger partial charge is 0.214 e. The quantitative estimate of drug-likeness (QED) is 0.538. The first-order chi connectivity index (χ1) is 12.3. The van der Waals surface area contributed by atoms with Gasteiger partial charge in [0, 0.05) is 17.4 Å². The molecule has 0 amide bonds. The first-order valence-electron chi connectivity index (χ1n) is 8.25. The largest absolute Gasteiger partial charge is 0.262 e. The second-order valence-electron chi connectivity index (χ2n) is 5.65. The van der Waals surface area contributed by atoms with E-state index in [0.717, 1.165) is 40.2 Å². The Labute approximate surface area is 150 Å². The molecule has 4 rings (SSSR count). The van der Waals surface area contributed by atoms with Crippen molar-refractivity contribution in [3.8, 4) is 11.4 Å². The average molecular weight is 347 g/mol. The lowest BCUT2D eigenvalue weighted by Gasteiger charge is -2.07. The van der Waals surface area contributed by atoms with Gasteiger partial charge >= 0.3 is 0 Å². The summed E-state index contributed by atoms with van der Waals surface area (Å²) in [6.45, 7) is 2.12. The van der Waals surface area contributed by atoms with Crippen molar-refractivity contribution in [2.24, 2.45) is 0 Å². The first kappa shape index (κ1) is 15.8. The van der Waals surface area contributed by atoms with E-state index in [0.29, 0.717) is 11.0 Å². The SMILES string of the molecule is CCCc1nc(Sc2nc(-c3ccccc3)nc3ccccc23)n[nH]1. The van der Waals surface area contributed by atoms with Crippen molar-refractivity contribution < 1.29 is 0 Å². The number of aryl methyl sites for hydroxylation is 1. The highest BCUT2D eigenvalue weighted by Crippen LogP contribution is 2.31. The Morgan fingerprint density at radius 3 is 2.56 bits per heavy atom. The Morgan fingerprint density at radius 1 is 0.920 bits per heavy atom. The van der Waals surface area contributed by atoms with Crippen LogP contribution in [0, 0.1) is 0 Å². The van der Waals surface area contributed by atoms with E-state index in [9.17, 15) is 0 Å². The lowest BCUT2D eigenvalue weighted by molar-refractivity contribution is 0.840. The number of fused-ring (bicyclic) bond motifs is 1. The van der Waals surface area contributed by atoms with E-state index in [4.69, 9.17) is 9.97 Å². The molecule has 0 saturated heterocycles. The first-order valence-corrected chi connectivity index (χ1v) is 9.06. The third-order valence-electron chi connectivity index (χ3n) is 3.79. The number of hydrogen-bond donors (Lipinski definition) is 1. The van der Waals surface area contributed by atoms with Crippen LogP contribution in [0.15, 0.2) is 64.8 Å². The van der Waals surface area contributed by atoms with Gasteiger partial charge in [-0.15, -0.1) is 5.10 Å². The minimum absolute atomic E-state index is 0.686. The van der Waals surface area contributed by atoms with E-state index in [-0.39, 0.29) is 0 Å². The molecule has 5 nitrogen and oxygen atoms in total. The number of benzene rings is 2. The molecule has 0 fully saturated rings. The summed E-state index contributed by atoms with van der Waals surface area (Å²) in [7, 11) is 0. The summed E-state index contributed by atoms with van der Waals surface area (Å²) in [6.07, 6.45) is 1.93. The Bertz CT molecular complexity index is 997. The molecule has 25 heavy (non-hydrogen) atoms. The maximum absolute atomic E-state index is 4.78. The summed E-state index contributed by atoms with van der Waals surface area (Å²) in [5.74, 6) is 1.62. The van der Waals surface area contributed by atoms with Crippen LogP contribution in [0.4, 0.5) is 0 Å². The van der Waals surface area contributed by atoms with Gasteiger partial charge in [-0.3, -0.25) is 5.10 Å². The minimum Gasteiger partial charge on any atom is -0.262 e. The van der Waals surface area contributed by atoms with E-state index in [1.165, 1.54) is 11.8 Å². The topological polar surface area (TPSA) is 67.3 Å². The van der Waals surface area contributed by atoms with Gasteiger partial charge in [0.15, 0.2) is 5.82 Å². The van der Waals surface area contributed by atoms with Gasteiger partial charge in [-0.2, -0.15) is 0 Å². The summed E-state index contributed by atoms with van der Waals surface area (Å²) < 4.78 is 0. The molecule has 1 N–H and O–H groups in total. The van der Waals surface area contributed by atoms with E-state index < -0.39 is 0 Å². The molecule has 124 valence electrons. The van der Waals surface area contributed by atoms with Crippen molar-refractivity contribution in [3.05, 3.63) is 60.4 Å². The van der Waals surface area contributed by atoms with Crippen molar-refractivity contribution in [1.82, 2.24) is 25.1 Å². The molecule has 0 atom stereocenters. The van der Waals surface area contributed by atoms with Crippen molar-refractivity contribution in [2.45, 2.75) is 29.9 Å². The number of nitrogens with zero attached hydrogens (tertiary/aromatic N) is 4. The van der Waals surface area contributed by atoms with Crippen molar-refractivity contribution in [3.63, 3.8) is 0 Å². The zero-order valence-electron chi connectivity index (χ0n) is 13.8. The van der Waals surface area contributed by atoms with E-state index in [1.54, 1.807) is 0 Å². The predicted molar refractivity (Wildman–Crippen MR) is 99.5 cm³/mol. The van der Waals surface area contributed by atoms with Gasteiger partial charge in [0.1, 0.15) is 10.9 Å². The molecule has 0 unspecified atom stereocenters. The van der Waals surface area contributed by atoms with Gasteiger partial charge in [-0.25, -0.2) is 15.0 Å². The van der Waals surface area contributed by atoms with E-state index in [1.807, 2.05) is 54.6 Å².